The van der Waals surface area contributed by atoms with Crippen LogP contribution >= 0.6 is 0 Å². The zero-order valence-electron chi connectivity index (χ0n) is 7.17. The molecule has 0 aromatic rings. The van der Waals surface area contributed by atoms with E-state index in [1.54, 1.807) is 0 Å². The van der Waals surface area contributed by atoms with Crippen LogP contribution in [0.4, 0.5) is 0 Å². The van der Waals surface area contributed by atoms with Gasteiger partial charge in [0, 0.05) is 6.21 Å². The second-order valence-corrected chi connectivity index (χ2v) is 2.75. The van der Waals surface area contributed by atoms with Crippen molar-refractivity contribution in [2.24, 2.45) is 5.10 Å². The van der Waals surface area contributed by atoms with Crippen LogP contribution in [0.25, 0.3) is 0 Å². The van der Waals surface area contributed by atoms with E-state index < -0.39 is 0 Å². The Morgan fingerprint density at radius 3 is 3.17 bits per heavy atom. The molecule has 0 saturated heterocycles. The van der Waals surface area contributed by atoms with E-state index in [0.717, 1.165) is 24.8 Å². The lowest BCUT2D eigenvalue weighted by atomic mass is 10.1. The van der Waals surface area contributed by atoms with Gasteiger partial charge >= 0.3 is 0 Å². The molecule has 12 heavy (non-hydrogen) atoms. The fourth-order valence-electron chi connectivity index (χ4n) is 1.08. The van der Waals surface area contributed by atoms with Crippen LogP contribution in [-0.2, 0) is 0 Å². The summed E-state index contributed by atoms with van der Waals surface area (Å²) in [6.07, 6.45) is 8.95. The van der Waals surface area contributed by atoms with Gasteiger partial charge in [0.2, 0.25) is 0 Å². The van der Waals surface area contributed by atoms with Crippen molar-refractivity contribution < 1.29 is 0 Å². The highest BCUT2D eigenvalue weighted by atomic mass is 15.3. The number of nitrogens with zero attached hydrogens (tertiary/aromatic N) is 1. The maximum absolute atomic E-state index is 6.71. The van der Waals surface area contributed by atoms with Crippen molar-refractivity contribution >= 4 is 12.4 Å². The summed E-state index contributed by atoms with van der Waals surface area (Å²) in [5.41, 5.74) is 5.25. The fraction of sp³-hybridized carbons (Fsp3) is 0.333. The van der Waals surface area contributed by atoms with E-state index >= 15 is 0 Å². The zero-order valence-corrected chi connectivity index (χ0v) is 7.17. The molecular formula is C9H13N3. The molecule has 0 unspecified atom stereocenters. The van der Waals surface area contributed by atoms with Gasteiger partial charge in [-0.1, -0.05) is 11.6 Å². The molecule has 0 fully saturated rings. The number of allylic oxidation sites excluding steroid dienone is 3. The molecule has 0 radical (unpaired) electrons. The molecule has 3 nitrogen and oxygen atoms in total. The second kappa shape index (κ2) is 4.49. The predicted molar refractivity (Wildman–Crippen MR) is 51.5 cm³/mol. The fourth-order valence-corrected chi connectivity index (χ4v) is 1.08. The van der Waals surface area contributed by atoms with Gasteiger partial charge in [-0.05, 0) is 25.8 Å². The summed E-state index contributed by atoms with van der Waals surface area (Å²) < 4.78 is 0. The molecule has 0 atom stereocenters. The number of hydrogen-bond donors (Lipinski definition) is 2. The summed E-state index contributed by atoms with van der Waals surface area (Å²) in [7, 11) is 0. The Morgan fingerprint density at radius 1 is 1.67 bits per heavy atom. The quantitative estimate of drug-likeness (QED) is 0.484. The van der Waals surface area contributed by atoms with Gasteiger partial charge in [-0.3, -0.25) is 5.43 Å². The van der Waals surface area contributed by atoms with E-state index in [0.29, 0.717) is 0 Å². The van der Waals surface area contributed by atoms with Crippen LogP contribution in [0.15, 0.2) is 28.5 Å². The van der Waals surface area contributed by atoms with Crippen LogP contribution in [0.2, 0.25) is 0 Å². The SMILES string of the molecule is CC1=CC(N/N=C\C=N)=CCC1. The Morgan fingerprint density at radius 2 is 2.50 bits per heavy atom. The summed E-state index contributed by atoms with van der Waals surface area (Å²) in [6.45, 7) is 2.11. The minimum atomic E-state index is 1.02. The van der Waals surface area contributed by atoms with Crippen LogP contribution in [-0.4, -0.2) is 12.4 Å². The van der Waals surface area contributed by atoms with Gasteiger partial charge < -0.3 is 5.41 Å². The number of rotatable bonds is 3. The van der Waals surface area contributed by atoms with Gasteiger partial charge in [-0.2, -0.15) is 5.10 Å². The van der Waals surface area contributed by atoms with E-state index in [9.17, 15) is 0 Å². The first-order valence-corrected chi connectivity index (χ1v) is 3.98. The highest BCUT2D eigenvalue weighted by Gasteiger charge is 1.98. The Labute approximate surface area is 72.4 Å². The van der Waals surface area contributed by atoms with Crippen LogP contribution in [0.3, 0.4) is 0 Å². The normalized spacial score (nSPS) is 17.1. The van der Waals surface area contributed by atoms with E-state index in [1.807, 2.05) is 0 Å². The Kier molecular flexibility index (Phi) is 3.26. The van der Waals surface area contributed by atoms with E-state index in [1.165, 1.54) is 11.8 Å². The topological polar surface area (TPSA) is 48.2 Å². The Balaban J connectivity index is 2.47. The average Bonchev–Trinajstić information content (AvgIpc) is 2.05. The van der Waals surface area contributed by atoms with Crippen LogP contribution < -0.4 is 5.43 Å². The van der Waals surface area contributed by atoms with Crippen molar-refractivity contribution in [1.29, 1.82) is 5.41 Å². The molecule has 1 aliphatic rings. The molecule has 0 aromatic heterocycles. The summed E-state index contributed by atoms with van der Waals surface area (Å²) in [5.74, 6) is 0. The predicted octanol–water partition coefficient (Wildman–Crippen LogP) is 1.84. The molecule has 64 valence electrons. The molecule has 0 aromatic carbocycles. The van der Waals surface area contributed by atoms with Gasteiger partial charge in [0.15, 0.2) is 0 Å². The molecule has 3 heteroatoms. The maximum atomic E-state index is 6.71. The third-order valence-corrected chi connectivity index (χ3v) is 1.65. The minimum absolute atomic E-state index is 1.02. The number of hydrazone groups is 1. The van der Waals surface area contributed by atoms with Crippen molar-refractivity contribution in [2.45, 2.75) is 19.8 Å². The first-order valence-electron chi connectivity index (χ1n) is 3.98. The van der Waals surface area contributed by atoms with Crippen molar-refractivity contribution in [3.63, 3.8) is 0 Å². The molecule has 0 spiro atoms. The first-order chi connectivity index (χ1) is 5.83. The Bertz CT molecular complexity index is 248. The van der Waals surface area contributed by atoms with Gasteiger partial charge in [-0.25, -0.2) is 0 Å². The standard InChI is InChI=1S/C9H13N3/c1-8-3-2-4-9(7-8)12-11-6-5-10/h4-7,10,12H,2-3H2,1H3/b10-5?,11-6-. The highest BCUT2D eigenvalue weighted by molar-refractivity contribution is 6.14. The zero-order chi connectivity index (χ0) is 8.81. The smallest absolute Gasteiger partial charge is 0.0648 e. The maximum Gasteiger partial charge on any atom is 0.0648 e. The average molecular weight is 163 g/mol. The third-order valence-electron chi connectivity index (χ3n) is 1.65. The van der Waals surface area contributed by atoms with E-state index in [2.05, 4.69) is 29.6 Å². The van der Waals surface area contributed by atoms with Crippen LogP contribution in [0.5, 0.6) is 0 Å². The van der Waals surface area contributed by atoms with Crippen molar-refractivity contribution in [3.8, 4) is 0 Å². The third kappa shape index (κ3) is 2.70. The summed E-state index contributed by atoms with van der Waals surface area (Å²) in [6, 6.07) is 0. The lowest BCUT2D eigenvalue weighted by Crippen LogP contribution is -2.06. The van der Waals surface area contributed by atoms with Crippen molar-refractivity contribution in [1.82, 2.24) is 5.43 Å². The largest absolute Gasteiger partial charge is 0.307 e. The van der Waals surface area contributed by atoms with Crippen molar-refractivity contribution in [3.05, 3.63) is 23.4 Å². The minimum Gasteiger partial charge on any atom is -0.307 e. The lowest BCUT2D eigenvalue weighted by Gasteiger charge is -2.08. The number of hydrogen-bond acceptors (Lipinski definition) is 3. The molecule has 0 heterocycles. The summed E-state index contributed by atoms with van der Waals surface area (Å²) in [4.78, 5) is 0. The van der Waals surface area contributed by atoms with Gasteiger partial charge in [-0.15, -0.1) is 0 Å². The number of nitrogens with one attached hydrogen (secondary N) is 2. The molecule has 1 aliphatic carbocycles. The lowest BCUT2D eigenvalue weighted by molar-refractivity contribution is 0.858. The van der Waals surface area contributed by atoms with Crippen molar-refractivity contribution in [2.75, 3.05) is 0 Å². The molecule has 0 bridgehead atoms. The summed E-state index contributed by atoms with van der Waals surface area (Å²) >= 11 is 0. The van der Waals surface area contributed by atoms with Gasteiger partial charge in [0.05, 0.1) is 11.9 Å². The summed E-state index contributed by atoms with van der Waals surface area (Å²) in [5, 5.41) is 10.5. The molecule has 1 rings (SSSR count). The van der Waals surface area contributed by atoms with Gasteiger partial charge in [0.1, 0.15) is 0 Å². The van der Waals surface area contributed by atoms with E-state index in [4.69, 9.17) is 5.41 Å². The van der Waals surface area contributed by atoms with E-state index in [-0.39, 0.29) is 0 Å². The van der Waals surface area contributed by atoms with Crippen LogP contribution in [0.1, 0.15) is 19.8 Å². The molecular weight excluding hydrogens is 150 g/mol. The monoisotopic (exact) mass is 163 g/mol. The molecule has 0 amide bonds. The first kappa shape index (κ1) is 8.71. The molecule has 0 saturated carbocycles. The van der Waals surface area contributed by atoms with Gasteiger partial charge in [0.25, 0.3) is 0 Å². The Hall–Kier alpha value is -1.38. The van der Waals surface area contributed by atoms with Crippen LogP contribution in [0, 0.1) is 5.41 Å². The second-order valence-electron chi connectivity index (χ2n) is 2.75. The highest BCUT2D eigenvalue weighted by Crippen LogP contribution is 2.14. The molecule has 2 N–H and O–H groups in total. The molecule has 0 aliphatic heterocycles.